The molecule has 4 aliphatic carbocycles. The summed E-state index contributed by atoms with van der Waals surface area (Å²) in [5.41, 5.74) is 5.75. The summed E-state index contributed by atoms with van der Waals surface area (Å²) in [6.45, 7) is 0.648. The number of nitrogens with one attached hydrogen (secondary N) is 1. The summed E-state index contributed by atoms with van der Waals surface area (Å²) < 4.78 is 2.40. The van der Waals surface area contributed by atoms with E-state index >= 15 is 0 Å². The summed E-state index contributed by atoms with van der Waals surface area (Å²) in [5.74, 6) is 5.69. The largest absolute Gasteiger partial charge is 0.357 e. The monoisotopic (exact) mass is 275 g/mol. The molecule has 4 saturated carbocycles. The minimum absolute atomic E-state index is 0.613. The lowest BCUT2D eigenvalue weighted by Gasteiger charge is -2.54. The zero-order valence-corrected chi connectivity index (χ0v) is 12.3. The third-order valence-electron chi connectivity index (χ3n) is 5.83. The summed E-state index contributed by atoms with van der Waals surface area (Å²) in [6, 6.07) is 0.613. The fraction of sp³-hybridized carbons (Fsp3) is 0.867. The van der Waals surface area contributed by atoms with Gasteiger partial charge in [-0.3, -0.25) is 4.57 Å². The van der Waals surface area contributed by atoms with Crippen LogP contribution in [0.5, 0.6) is 0 Å². The molecule has 110 valence electrons. The Hall–Kier alpha value is -1.10. The van der Waals surface area contributed by atoms with Crippen molar-refractivity contribution in [2.75, 3.05) is 18.9 Å². The van der Waals surface area contributed by atoms with Crippen molar-refractivity contribution >= 4 is 5.95 Å². The Morgan fingerprint density at radius 3 is 2.30 bits per heavy atom. The number of anilines is 1. The van der Waals surface area contributed by atoms with Crippen LogP contribution in [0.2, 0.25) is 0 Å². The van der Waals surface area contributed by atoms with E-state index in [-0.39, 0.29) is 0 Å². The molecule has 4 aliphatic rings. The molecule has 0 amide bonds. The number of rotatable bonds is 4. The first-order chi connectivity index (χ1) is 9.80. The number of nitrogens with zero attached hydrogens (tertiary/aromatic N) is 3. The molecule has 0 aliphatic heterocycles. The number of hydrogen-bond donors (Lipinski definition) is 2. The van der Waals surface area contributed by atoms with Crippen LogP contribution in [0.25, 0.3) is 0 Å². The summed E-state index contributed by atoms with van der Waals surface area (Å²) in [6.07, 6.45) is 8.00. The van der Waals surface area contributed by atoms with E-state index in [4.69, 9.17) is 5.73 Å². The Labute approximate surface area is 120 Å². The number of nitrogens with two attached hydrogens (primary N) is 1. The first-order valence-corrected chi connectivity index (χ1v) is 8.11. The molecule has 0 saturated heterocycles. The Kier molecular flexibility index (Phi) is 2.98. The fourth-order valence-corrected chi connectivity index (χ4v) is 5.43. The molecule has 1 heterocycles. The second kappa shape index (κ2) is 4.72. The van der Waals surface area contributed by atoms with E-state index in [1.807, 2.05) is 7.05 Å². The third-order valence-corrected chi connectivity index (χ3v) is 5.83. The van der Waals surface area contributed by atoms with Gasteiger partial charge in [-0.25, -0.2) is 0 Å². The van der Waals surface area contributed by atoms with E-state index < -0.39 is 0 Å². The molecule has 0 radical (unpaired) electrons. The molecule has 4 fully saturated rings. The minimum Gasteiger partial charge on any atom is -0.357 e. The SMILES string of the molecule is CNc1nnc(CCN)n1C1C2CC3CC(C2)CC1C3. The Morgan fingerprint density at radius 2 is 1.75 bits per heavy atom. The lowest BCUT2D eigenvalue weighted by molar-refractivity contribution is -0.0294. The highest BCUT2D eigenvalue weighted by atomic mass is 15.4. The average Bonchev–Trinajstić information content (AvgIpc) is 2.81. The highest BCUT2D eigenvalue weighted by Crippen LogP contribution is 2.58. The van der Waals surface area contributed by atoms with E-state index in [0.717, 1.165) is 41.9 Å². The van der Waals surface area contributed by atoms with Crippen LogP contribution in [0.1, 0.15) is 44.0 Å². The van der Waals surface area contributed by atoms with E-state index in [1.54, 1.807) is 0 Å². The molecule has 1 aromatic heterocycles. The second-order valence-electron chi connectivity index (χ2n) is 7.02. The fourth-order valence-electron chi connectivity index (χ4n) is 5.43. The van der Waals surface area contributed by atoms with Gasteiger partial charge < -0.3 is 11.1 Å². The summed E-state index contributed by atoms with van der Waals surface area (Å²) in [7, 11) is 1.95. The van der Waals surface area contributed by atoms with Gasteiger partial charge >= 0.3 is 0 Å². The summed E-state index contributed by atoms with van der Waals surface area (Å²) in [4.78, 5) is 0. The zero-order chi connectivity index (χ0) is 13.7. The number of hydrogen-bond acceptors (Lipinski definition) is 4. The van der Waals surface area contributed by atoms with Crippen LogP contribution in [-0.4, -0.2) is 28.4 Å². The van der Waals surface area contributed by atoms with Crippen molar-refractivity contribution in [3.05, 3.63) is 5.82 Å². The van der Waals surface area contributed by atoms with Crippen molar-refractivity contribution < 1.29 is 0 Å². The van der Waals surface area contributed by atoms with E-state index in [1.165, 1.54) is 32.1 Å². The standard InChI is InChI=1S/C15H25N5/c1-17-15-19-18-13(2-3-16)20(15)14-11-5-9-4-10(7-11)8-12(14)6-9/h9-12,14H,2-8,16H2,1H3,(H,17,19). The smallest absolute Gasteiger partial charge is 0.224 e. The van der Waals surface area contributed by atoms with Crippen LogP contribution < -0.4 is 11.1 Å². The molecule has 0 atom stereocenters. The maximum atomic E-state index is 5.75. The molecule has 0 spiro atoms. The van der Waals surface area contributed by atoms with Crippen molar-refractivity contribution in [2.45, 2.75) is 44.6 Å². The lowest BCUT2D eigenvalue weighted by atomic mass is 9.54. The van der Waals surface area contributed by atoms with Crippen molar-refractivity contribution in [1.29, 1.82) is 0 Å². The van der Waals surface area contributed by atoms with Crippen LogP contribution >= 0.6 is 0 Å². The summed E-state index contributed by atoms with van der Waals surface area (Å²) in [5, 5.41) is 11.9. The van der Waals surface area contributed by atoms with Crippen molar-refractivity contribution in [3.8, 4) is 0 Å². The molecule has 5 heteroatoms. The molecule has 5 nitrogen and oxygen atoms in total. The molecule has 20 heavy (non-hydrogen) atoms. The maximum absolute atomic E-state index is 5.75. The molecular formula is C15H25N5. The normalized spacial score (nSPS) is 38.4. The Balaban J connectivity index is 1.71. The van der Waals surface area contributed by atoms with Gasteiger partial charge in [-0.15, -0.1) is 10.2 Å². The molecule has 0 aromatic carbocycles. The van der Waals surface area contributed by atoms with E-state index in [9.17, 15) is 0 Å². The molecular weight excluding hydrogens is 250 g/mol. The predicted octanol–water partition coefficient (Wildman–Crippen LogP) is 1.82. The highest BCUT2D eigenvalue weighted by molar-refractivity contribution is 5.27. The zero-order valence-electron chi connectivity index (χ0n) is 12.3. The van der Waals surface area contributed by atoms with Crippen LogP contribution in [0.4, 0.5) is 5.95 Å². The van der Waals surface area contributed by atoms with E-state index in [2.05, 4.69) is 20.1 Å². The van der Waals surface area contributed by atoms with Gasteiger partial charge in [0.15, 0.2) is 0 Å². The first-order valence-electron chi connectivity index (χ1n) is 8.11. The second-order valence-corrected chi connectivity index (χ2v) is 7.02. The summed E-state index contributed by atoms with van der Waals surface area (Å²) >= 11 is 0. The Morgan fingerprint density at radius 1 is 1.10 bits per heavy atom. The number of aromatic nitrogens is 3. The third kappa shape index (κ3) is 1.79. The van der Waals surface area contributed by atoms with Crippen molar-refractivity contribution in [1.82, 2.24) is 14.8 Å². The van der Waals surface area contributed by atoms with Crippen LogP contribution in [0.15, 0.2) is 0 Å². The van der Waals surface area contributed by atoms with Crippen LogP contribution in [-0.2, 0) is 6.42 Å². The average molecular weight is 275 g/mol. The van der Waals surface area contributed by atoms with Gasteiger partial charge in [0.2, 0.25) is 5.95 Å². The highest BCUT2D eigenvalue weighted by Gasteiger charge is 2.49. The van der Waals surface area contributed by atoms with Crippen molar-refractivity contribution in [2.24, 2.45) is 29.4 Å². The van der Waals surface area contributed by atoms with Gasteiger partial charge in [0, 0.05) is 19.5 Å². The molecule has 1 aromatic rings. The maximum Gasteiger partial charge on any atom is 0.224 e. The minimum atomic E-state index is 0.613. The molecule has 5 rings (SSSR count). The molecule has 3 N–H and O–H groups in total. The van der Waals surface area contributed by atoms with Gasteiger partial charge in [0.05, 0.1) is 0 Å². The predicted molar refractivity (Wildman–Crippen MR) is 78.4 cm³/mol. The molecule has 4 bridgehead atoms. The Bertz CT molecular complexity index is 466. The quantitative estimate of drug-likeness (QED) is 0.879. The first kappa shape index (κ1) is 12.6. The topological polar surface area (TPSA) is 68.8 Å². The van der Waals surface area contributed by atoms with E-state index in [0.29, 0.717) is 12.6 Å². The molecule has 0 unspecified atom stereocenters. The van der Waals surface area contributed by atoms with Gasteiger partial charge in [0.25, 0.3) is 0 Å². The van der Waals surface area contributed by atoms with Crippen molar-refractivity contribution in [3.63, 3.8) is 0 Å². The van der Waals surface area contributed by atoms with Gasteiger partial charge in [-0.1, -0.05) is 0 Å². The lowest BCUT2D eigenvalue weighted by Crippen LogP contribution is -2.46. The van der Waals surface area contributed by atoms with Crippen LogP contribution in [0.3, 0.4) is 0 Å². The van der Waals surface area contributed by atoms with Gasteiger partial charge in [-0.2, -0.15) is 0 Å². The van der Waals surface area contributed by atoms with Crippen LogP contribution in [0, 0.1) is 23.7 Å². The van der Waals surface area contributed by atoms with Gasteiger partial charge in [0.1, 0.15) is 5.82 Å². The van der Waals surface area contributed by atoms with Gasteiger partial charge in [-0.05, 0) is 62.3 Å².